The summed E-state index contributed by atoms with van der Waals surface area (Å²) in [5.41, 5.74) is -4.03. The molecule has 1 saturated heterocycles. The summed E-state index contributed by atoms with van der Waals surface area (Å²) >= 11 is 0. The van der Waals surface area contributed by atoms with Gasteiger partial charge < -0.3 is 13.8 Å². The average molecular weight is 721 g/mol. The molecule has 0 spiro atoms. The fourth-order valence-corrected chi connectivity index (χ4v) is 7.76. The van der Waals surface area contributed by atoms with Crippen LogP contribution in [0.3, 0.4) is 0 Å². The minimum Gasteiger partial charge on any atom is -0.413 e. The Morgan fingerprint density at radius 1 is 0.958 bits per heavy atom. The van der Waals surface area contributed by atoms with Gasteiger partial charge in [-0.15, -0.1) is 0 Å². The Kier molecular flexibility index (Phi) is 16.9. The maximum absolute atomic E-state index is 16.6. The van der Waals surface area contributed by atoms with Crippen molar-refractivity contribution in [2.45, 2.75) is 84.7 Å². The minimum atomic E-state index is -4.08. The predicted octanol–water partition coefficient (Wildman–Crippen LogP) is 3.68. The Bertz CT molecular complexity index is 1580. The van der Waals surface area contributed by atoms with Gasteiger partial charge in [0.15, 0.2) is 11.9 Å². The number of aromatic amines is 1. The quantitative estimate of drug-likeness (QED) is 0.237. The van der Waals surface area contributed by atoms with Crippen LogP contribution in [-0.4, -0.2) is 65.1 Å². The van der Waals surface area contributed by atoms with Crippen molar-refractivity contribution in [3.05, 3.63) is 63.4 Å². The van der Waals surface area contributed by atoms with E-state index in [1.807, 2.05) is 41.5 Å². The Labute approximate surface area is 277 Å². The molecular formula is C29H43FN4O12P2. The fourth-order valence-electron chi connectivity index (χ4n) is 4.17. The third-order valence-corrected chi connectivity index (χ3v) is 10.4. The van der Waals surface area contributed by atoms with Crippen molar-refractivity contribution in [3.8, 4) is 5.75 Å². The number of H-pyrrole nitrogens is 1. The zero-order valence-electron chi connectivity index (χ0n) is 27.9. The van der Waals surface area contributed by atoms with E-state index in [1.165, 1.54) is 6.66 Å². The molecular weight excluding hydrogens is 677 g/mol. The summed E-state index contributed by atoms with van der Waals surface area (Å²) in [4.78, 5) is 58.8. The number of hydrogen-bond donors (Lipinski definition) is 3. The molecule has 48 heavy (non-hydrogen) atoms. The highest BCUT2D eigenvalue weighted by atomic mass is 31.2. The van der Waals surface area contributed by atoms with E-state index >= 15 is 4.39 Å². The van der Waals surface area contributed by atoms with Gasteiger partial charge in [-0.3, -0.25) is 23.4 Å². The molecule has 8 atom stereocenters. The number of hydrogen-bond acceptors (Lipinski definition) is 12. The second kappa shape index (κ2) is 19.0. The lowest BCUT2D eigenvalue weighted by Gasteiger charge is -2.32. The molecule has 0 radical (unpaired) electrons. The Morgan fingerprint density at radius 2 is 1.48 bits per heavy atom. The van der Waals surface area contributed by atoms with Crippen molar-refractivity contribution in [3.63, 3.8) is 0 Å². The molecule has 1 fully saturated rings. The SMILES string of the molecule is CC(C)[C@H](C)N[P@](=O)(OC[C@H]1O[C@@H](n2ccc(=O)[nH]c2=O)[C@](C)(F)[C@@H]1O[P@@](C)(=O)N[C@@H](C)C(C)C)Oc1ccccc1.O=C=O.O=C=O. The monoisotopic (exact) mass is 720 g/mol. The molecule has 19 heteroatoms. The van der Waals surface area contributed by atoms with E-state index in [-0.39, 0.29) is 42.0 Å². The van der Waals surface area contributed by atoms with Crippen molar-refractivity contribution < 1.29 is 51.0 Å². The lowest BCUT2D eigenvalue weighted by Crippen LogP contribution is -2.45. The van der Waals surface area contributed by atoms with Gasteiger partial charge in [0.2, 0.25) is 0 Å². The van der Waals surface area contributed by atoms with Crippen molar-refractivity contribution in [2.24, 2.45) is 11.8 Å². The summed E-state index contributed by atoms with van der Waals surface area (Å²) in [5.74, 6) is 0.438. The van der Waals surface area contributed by atoms with Crippen LogP contribution in [0.1, 0.15) is 54.7 Å². The smallest absolute Gasteiger partial charge is 0.413 e. The summed E-state index contributed by atoms with van der Waals surface area (Å²) in [5, 5.41) is 5.83. The van der Waals surface area contributed by atoms with Crippen molar-refractivity contribution in [1.82, 2.24) is 19.7 Å². The molecule has 2 aromatic rings. The molecule has 0 amide bonds. The standard InChI is InChI=1S/C27H43FN4O8P2.2CO2/c1-17(2)19(5)30-41(8,35)40-24-22(38-25(27(24,7)28)32-15-14-23(33)29-26(32)34)16-37-42(36,31-20(6)18(3)4)39-21-12-10-9-11-13-21;2*2-1-3/h9-15,17-20,22,24-25H,16H2,1-8H3,(H,30,35)(H,31,36)(H,29,33,34);;/t19-,20-,22+,24+,25+,27+,41+,42-;;/m0../s1. The van der Waals surface area contributed by atoms with Crippen molar-refractivity contribution in [2.75, 3.05) is 13.3 Å². The van der Waals surface area contributed by atoms with Gasteiger partial charge in [0.05, 0.1) is 6.61 Å². The lowest BCUT2D eigenvalue weighted by molar-refractivity contribution is -0.193. The van der Waals surface area contributed by atoms with Crippen LogP contribution in [0, 0.1) is 11.8 Å². The topological polar surface area (TPSA) is 218 Å². The number of alkyl halides is 1. The molecule has 1 aliphatic heterocycles. The van der Waals surface area contributed by atoms with Crippen LogP contribution >= 0.6 is 15.3 Å². The molecule has 0 bridgehead atoms. The van der Waals surface area contributed by atoms with Crippen molar-refractivity contribution >= 4 is 27.6 Å². The number of nitrogens with one attached hydrogen (secondary N) is 3. The maximum Gasteiger partial charge on any atom is 0.459 e. The molecule has 3 N–H and O–H groups in total. The zero-order valence-corrected chi connectivity index (χ0v) is 29.7. The fraction of sp³-hybridized carbons (Fsp3) is 0.586. The largest absolute Gasteiger partial charge is 0.459 e. The van der Waals surface area contributed by atoms with E-state index in [1.54, 1.807) is 30.3 Å². The number of carbonyl (C=O) groups excluding carboxylic acids is 4. The summed E-state index contributed by atoms with van der Waals surface area (Å²) in [6.45, 7) is 13.3. The van der Waals surface area contributed by atoms with Gasteiger partial charge in [0.1, 0.15) is 18.0 Å². The zero-order chi connectivity index (χ0) is 36.9. The molecule has 0 aliphatic carbocycles. The van der Waals surface area contributed by atoms with E-state index in [2.05, 4.69) is 15.2 Å². The van der Waals surface area contributed by atoms with E-state index in [0.717, 1.165) is 23.8 Å². The normalized spacial score (nSPS) is 23.9. The number of halogens is 1. The van der Waals surface area contributed by atoms with Gasteiger partial charge in [-0.25, -0.2) is 23.9 Å². The number of aromatic nitrogens is 2. The molecule has 16 nitrogen and oxygen atoms in total. The molecule has 3 rings (SSSR count). The molecule has 1 aliphatic rings. The Morgan fingerprint density at radius 3 is 1.98 bits per heavy atom. The van der Waals surface area contributed by atoms with E-state index in [9.17, 15) is 18.7 Å². The van der Waals surface area contributed by atoms with Gasteiger partial charge in [0, 0.05) is 31.0 Å². The Hall–Kier alpha value is -3.35. The first-order chi connectivity index (χ1) is 22.3. The van der Waals surface area contributed by atoms with Crippen LogP contribution in [-0.2, 0) is 42.1 Å². The average Bonchev–Trinajstić information content (AvgIpc) is 3.21. The van der Waals surface area contributed by atoms with Gasteiger partial charge in [-0.1, -0.05) is 45.9 Å². The number of nitrogens with zero attached hydrogens (tertiary/aromatic N) is 1. The summed E-state index contributed by atoms with van der Waals surface area (Å²) in [6, 6.07) is 8.94. The van der Waals surface area contributed by atoms with E-state index in [4.69, 9.17) is 37.5 Å². The number of rotatable bonds is 14. The first-order valence-electron chi connectivity index (χ1n) is 14.7. The minimum absolute atomic E-state index is 0.0609. The summed E-state index contributed by atoms with van der Waals surface area (Å²) in [7, 11) is -7.72. The van der Waals surface area contributed by atoms with E-state index < -0.39 is 57.2 Å². The molecule has 0 saturated carbocycles. The summed E-state index contributed by atoms with van der Waals surface area (Å²) < 4.78 is 68.4. The maximum atomic E-state index is 16.6. The van der Waals surface area contributed by atoms with Crippen molar-refractivity contribution in [1.29, 1.82) is 0 Å². The van der Waals surface area contributed by atoms with Crippen LogP contribution in [0.2, 0.25) is 0 Å². The number of benzene rings is 1. The van der Waals surface area contributed by atoms with Crippen LogP contribution < -0.4 is 25.9 Å². The lowest BCUT2D eigenvalue weighted by atomic mass is 9.98. The first kappa shape index (κ1) is 42.7. The highest BCUT2D eigenvalue weighted by molar-refractivity contribution is 7.56. The van der Waals surface area contributed by atoms with Crippen LogP contribution in [0.5, 0.6) is 5.75 Å². The molecule has 2 heterocycles. The third-order valence-electron chi connectivity index (χ3n) is 7.28. The van der Waals surface area contributed by atoms with E-state index in [0.29, 0.717) is 0 Å². The predicted molar refractivity (Wildman–Crippen MR) is 169 cm³/mol. The molecule has 1 aromatic carbocycles. The highest BCUT2D eigenvalue weighted by Crippen LogP contribution is 2.52. The van der Waals surface area contributed by atoms with Crippen LogP contribution in [0.25, 0.3) is 0 Å². The Balaban J connectivity index is 0.00000178. The van der Waals surface area contributed by atoms with Crippen LogP contribution in [0.15, 0.2) is 52.2 Å². The number of ether oxygens (including phenoxy) is 1. The second-order valence-corrected chi connectivity index (χ2v) is 15.6. The molecule has 268 valence electrons. The van der Waals surface area contributed by atoms with Gasteiger partial charge >= 0.3 is 25.7 Å². The number of para-hydroxylation sites is 1. The first-order valence-corrected chi connectivity index (χ1v) is 18.3. The molecule has 0 unspecified atom stereocenters. The molecule has 1 aromatic heterocycles. The van der Waals surface area contributed by atoms with Gasteiger partial charge in [-0.2, -0.15) is 19.2 Å². The van der Waals surface area contributed by atoms with Gasteiger partial charge in [0.25, 0.3) is 13.1 Å². The van der Waals surface area contributed by atoms with Crippen LogP contribution in [0.4, 0.5) is 4.39 Å². The second-order valence-electron chi connectivity index (χ2n) is 11.8. The third kappa shape index (κ3) is 12.9. The van der Waals surface area contributed by atoms with Gasteiger partial charge in [-0.05, 0) is 44.7 Å². The summed E-state index contributed by atoms with van der Waals surface area (Å²) in [6.07, 6.45) is -2.84. The highest BCUT2D eigenvalue weighted by Gasteiger charge is 2.58.